The van der Waals surface area contributed by atoms with E-state index in [-0.39, 0.29) is 0 Å². The quantitative estimate of drug-likeness (QED) is 0.509. The number of nitrogens with one attached hydrogen (secondary N) is 1. The van der Waals surface area contributed by atoms with Gasteiger partial charge in [-0.2, -0.15) is 0 Å². The van der Waals surface area contributed by atoms with Crippen molar-refractivity contribution in [3.05, 3.63) is 76.5 Å². The molecule has 1 aromatic heterocycles. The highest BCUT2D eigenvalue weighted by Crippen LogP contribution is 2.32. The number of hydrogen-bond donors (Lipinski definition) is 3. The van der Waals surface area contributed by atoms with Gasteiger partial charge in [0.1, 0.15) is 0 Å². The highest BCUT2D eigenvalue weighted by molar-refractivity contribution is 6.31. The standard InChI is InChI=1S/C23H23ClN2.C2H2O4/c24-20-5-6-21-22(14-25-23(21)13-20)17-7-9-26(10-8-17)15-16-11-18-3-1-2-4-19(18)12-16;3-1(4)2(5)6/h1-7,13-14,16,25H,8-12,15H2;(H,3,4)(H,5,6). The first-order valence-corrected chi connectivity index (χ1v) is 11.0. The van der Waals surface area contributed by atoms with Crippen LogP contribution in [0, 0.1) is 5.92 Å². The molecule has 0 radical (unpaired) electrons. The van der Waals surface area contributed by atoms with Gasteiger partial charge in [-0.15, -0.1) is 0 Å². The van der Waals surface area contributed by atoms with Crippen LogP contribution in [0.5, 0.6) is 0 Å². The monoisotopic (exact) mass is 452 g/mol. The van der Waals surface area contributed by atoms with Crippen molar-refractivity contribution < 1.29 is 19.8 Å². The van der Waals surface area contributed by atoms with Crippen LogP contribution in [0.15, 0.2) is 54.7 Å². The molecule has 32 heavy (non-hydrogen) atoms. The zero-order chi connectivity index (χ0) is 22.7. The van der Waals surface area contributed by atoms with Gasteiger partial charge in [-0.25, -0.2) is 9.59 Å². The van der Waals surface area contributed by atoms with E-state index in [0.29, 0.717) is 0 Å². The third-order valence-electron chi connectivity index (χ3n) is 6.12. The van der Waals surface area contributed by atoms with Gasteiger partial charge >= 0.3 is 11.9 Å². The number of carboxylic acid groups (broad SMARTS) is 2. The fourth-order valence-electron chi connectivity index (χ4n) is 4.63. The highest BCUT2D eigenvalue weighted by atomic mass is 35.5. The van der Waals surface area contributed by atoms with Gasteiger partial charge in [-0.05, 0) is 54.0 Å². The fourth-order valence-corrected chi connectivity index (χ4v) is 4.80. The number of halogens is 1. The lowest BCUT2D eigenvalue weighted by Crippen LogP contribution is -2.33. The molecular weight excluding hydrogens is 428 g/mol. The van der Waals surface area contributed by atoms with Crippen LogP contribution in [0.25, 0.3) is 16.5 Å². The largest absolute Gasteiger partial charge is 0.473 e. The van der Waals surface area contributed by atoms with Crippen molar-refractivity contribution in [1.82, 2.24) is 9.88 Å². The maximum absolute atomic E-state index is 9.10. The molecular formula is C25H25ClN2O4. The number of H-pyrrole nitrogens is 1. The Labute approximate surface area is 191 Å². The summed E-state index contributed by atoms with van der Waals surface area (Å²) in [5.41, 5.74) is 7.04. The van der Waals surface area contributed by atoms with Crippen molar-refractivity contribution >= 4 is 40.0 Å². The van der Waals surface area contributed by atoms with Crippen LogP contribution >= 0.6 is 11.6 Å². The minimum atomic E-state index is -1.82. The normalized spacial score (nSPS) is 16.2. The molecule has 166 valence electrons. The number of aromatic nitrogens is 1. The minimum Gasteiger partial charge on any atom is -0.473 e. The van der Waals surface area contributed by atoms with Gasteiger partial charge in [0.15, 0.2) is 0 Å². The second kappa shape index (κ2) is 9.59. The number of aliphatic carboxylic acids is 2. The molecule has 0 saturated heterocycles. The van der Waals surface area contributed by atoms with E-state index in [2.05, 4.69) is 52.5 Å². The lowest BCUT2D eigenvalue weighted by molar-refractivity contribution is -0.159. The van der Waals surface area contributed by atoms with Gasteiger partial charge in [0, 0.05) is 47.3 Å². The third-order valence-corrected chi connectivity index (χ3v) is 6.35. The Kier molecular flexibility index (Phi) is 6.63. The van der Waals surface area contributed by atoms with Crippen molar-refractivity contribution in [2.45, 2.75) is 19.3 Å². The number of benzene rings is 2. The second-order valence-corrected chi connectivity index (χ2v) is 8.72. The first-order chi connectivity index (χ1) is 15.4. The summed E-state index contributed by atoms with van der Waals surface area (Å²) in [6, 6.07) is 15.1. The van der Waals surface area contributed by atoms with Gasteiger partial charge in [-0.3, -0.25) is 4.90 Å². The number of fused-ring (bicyclic) bond motifs is 2. The van der Waals surface area contributed by atoms with E-state index in [1.165, 1.54) is 35.9 Å². The number of aromatic amines is 1. The molecule has 2 heterocycles. The summed E-state index contributed by atoms with van der Waals surface area (Å²) in [7, 11) is 0. The first kappa shape index (κ1) is 22.1. The summed E-state index contributed by atoms with van der Waals surface area (Å²) < 4.78 is 0. The highest BCUT2D eigenvalue weighted by Gasteiger charge is 2.24. The average Bonchev–Trinajstić information content (AvgIpc) is 3.37. The van der Waals surface area contributed by atoms with Gasteiger partial charge in [0.2, 0.25) is 0 Å². The summed E-state index contributed by atoms with van der Waals surface area (Å²) in [6.45, 7) is 3.42. The zero-order valence-corrected chi connectivity index (χ0v) is 18.3. The SMILES string of the molecule is Clc1ccc2c(C3=CCN(CC4Cc5ccccc5C4)CC3)c[nH]c2c1.O=C(O)C(=O)O. The van der Waals surface area contributed by atoms with Crippen LogP contribution in [0.1, 0.15) is 23.1 Å². The number of nitrogens with zero attached hydrogens (tertiary/aromatic N) is 1. The Hall–Kier alpha value is -3.09. The topological polar surface area (TPSA) is 93.6 Å². The van der Waals surface area contributed by atoms with Crippen LogP contribution in [0.2, 0.25) is 5.02 Å². The second-order valence-electron chi connectivity index (χ2n) is 8.28. The molecule has 2 aromatic carbocycles. The van der Waals surface area contributed by atoms with Crippen molar-refractivity contribution in [3.63, 3.8) is 0 Å². The summed E-state index contributed by atoms with van der Waals surface area (Å²) >= 11 is 6.11. The molecule has 0 spiro atoms. The molecule has 0 unspecified atom stereocenters. The maximum Gasteiger partial charge on any atom is 0.414 e. The van der Waals surface area contributed by atoms with Crippen LogP contribution in [0.4, 0.5) is 0 Å². The molecule has 1 aliphatic carbocycles. The average molecular weight is 453 g/mol. The molecule has 0 atom stereocenters. The molecule has 6 nitrogen and oxygen atoms in total. The van der Waals surface area contributed by atoms with E-state index in [1.807, 2.05) is 12.1 Å². The van der Waals surface area contributed by atoms with E-state index >= 15 is 0 Å². The summed E-state index contributed by atoms with van der Waals surface area (Å²) in [4.78, 5) is 24.2. The molecule has 0 amide bonds. The van der Waals surface area contributed by atoms with Gasteiger partial charge in [-0.1, -0.05) is 48.0 Å². The molecule has 0 saturated carbocycles. The summed E-state index contributed by atoms with van der Waals surface area (Å²) in [5.74, 6) is -2.87. The first-order valence-electron chi connectivity index (χ1n) is 10.6. The molecule has 0 fully saturated rings. The number of carboxylic acids is 2. The molecule has 0 bridgehead atoms. The number of carbonyl (C=O) groups is 2. The molecule has 1 aliphatic heterocycles. The van der Waals surface area contributed by atoms with Gasteiger partial charge in [0.25, 0.3) is 0 Å². The van der Waals surface area contributed by atoms with Crippen molar-refractivity contribution in [1.29, 1.82) is 0 Å². The maximum atomic E-state index is 9.10. The van der Waals surface area contributed by atoms with Crippen molar-refractivity contribution in [2.75, 3.05) is 19.6 Å². The van der Waals surface area contributed by atoms with Crippen LogP contribution in [0.3, 0.4) is 0 Å². The fraction of sp³-hybridized carbons (Fsp3) is 0.280. The predicted molar refractivity (Wildman–Crippen MR) is 125 cm³/mol. The Morgan fingerprint density at radius 3 is 2.34 bits per heavy atom. The molecule has 3 N–H and O–H groups in total. The van der Waals surface area contributed by atoms with Crippen LogP contribution in [-0.4, -0.2) is 51.7 Å². The Morgan fingerprint density at radius 2 is 1.75 bits per heavy atom. The molecule has 5 rings (SSSR count). The van der Waals surface area contributed by atoms with E-state index in [0.717, 1.165) is 36.0 Å². The molecule has 2 aliphatic rings. The zero-order valence-electron chi connectivity index (χ0n) is 17.6. The number of rotatable bonds is 3. The minimum absolute atomic E-state index is 0.776. The Bertz CT molecular complexity index is 1150. The van der Waals surface area contributed by atoms with E-state index in [9.17, 15) is 0 Å². The van der Waals surface area contributed by atoms with E-state index in [4.69, 9.17) is 31.4 Å². The Morgan fingerprint density at radius 1 is 1.06 bits per heavy atom. The Balaban J connectivity index is 0.000000363. The smallest absolute Gasteiger partial charge is 0.414 e. The van der Waals surface area contributed by atoms with Crippen molar-refractivity contribution in [3.8, 4) is 0 Å². The lowest BCUT2D eigenvalue weighted by Gasteiger charge is -2.28. The molecule has 7 heteroatoms. The van der Waals surface area contributed by atoms with E-state index in [1.54, 1.807) is 11.1 Å². The van der Waals surface area contributed by atoms with Gasteiger partial charge in [0.05, 0.1) is 0 Å². The van der Waals surface area contributed by atoms with Crippen LogP contribution in [-0.2, 0) is 22.4 Å². The van der Waals surface area contributed by atoms with E-state index < -0.39 is 11.9 Å². The molecule has 3 aromatic rings. The van der Waals surface area contributed by atoms with Gasteiger partial charge < -0.3 is 15.2 Å². The predicted octanol–water partition coefficient (Wildman–Crippen LogP) is 4.48. The lowest BCUT2D eigenvalue weighted by atomic mass is 9.97. The van der Waals surface area contributed by atoms with Crippen molar-refractivity contribution in [2.24, 2.45) is 5.92 Å². The number of hydrogen-bond acceptors (Lipinski definition) is 3. The van der Waals surface area contributed by atoms with Crippen LogP contribution < -0.4 is 0 Å². The summed E-state index contributed by atoms with van der Waals surface area (Å²) in [6.07, 6.45) is 8.16. The summed E-state index contributed by atoms with van der Waals surface area (Å²) in [5, 5.41) is 16.8. The third kappa shape index (κ3) is 5.03.